The first-order chi connectivity index (χ1) is 5.72. The summed E-state index contributed by atoms with van der Waals surface area (Å²) in [5.74, 6) is 2.19. The van der Waals surface area contributed by atoms with E-state index in [1.165, 1.54) is 25.0 Å². The maximum atomic E-state index is 3.69. The summed E-state index contributed by atoms with van der Waals surface area (Å²) in [5.41, 5.74) is 0. The molecule has 0 heterocycles. The summed E-state index contributed by atoms with van der Waals surface area (Å²) in [5, 5.41) is 3.69. The summed E-state index contributed by atoms with van der Waals surface area (Å²) >= 11 is 1.93. The standard InChI is InChI=1S/C10H21NS/c1-8-4-5-10(6-8)11-9(2)7-12-3/h8-11H,4-7H2,1-3H3. The van der Waals surface area contributed by atoms with Crippen LogP contribution in [0.3, 0.4) is 0 Å². The van der Waals surface area contributed by atoms with Gasteiger partial charge in [0.15, 0.2) is 0 Å². The van der Waals surface area contributed by atoms with Crippen LogP contribution in [0.2, 0.25) is 0 Å². The smallest absolute Gasteiger partial charge is 0.0132 e. The average molecular weight is 187 g/mol. The van der Waals surface area contributed by atoms with Crippen LogP contribution in [-0.2, 0) is 0 Å². The summed E-state index contributed by atoms with van der Waals surface area (Å²) < 4.78 is 0. The maximum absolute atomic E-state index is 3.69. The van der Waals surface area contributed by atoms with E-state index in [9.17, 15) is 0 Å². The van der Waals surface area contributed by atoms with E-state index in [0.717, 1.165) is 12.0 Å². The molecule has 1 nitrogen and oxygen atoms in total. The molecule has 0 aromatic rings. The van der Waals surface area contributed by atoms with Crippen LogP contribution in [0.1, 0.15) is 33.1 Å². The van der Waals surface area contributed by atoms with Gasteiger partial charge in [-0.1, -0.05) is 6.92 Å². The first-order valence-electron chi connectivity index (χ1n) is 4.97. The molecule has 0 saturated heterocycles. The lowest BCUT2D eigenvalue weighted by Gasteiger charge is -2.18. The Kier molecular flexibility index (Phi) is 4.44. The van der Waals surface area contributed by atoms with Crippen LogP contribution in [0, 0.1) is 5.92 Å². The highest BCUT2D eigenvalue weighted by molar-refractivity contribution is 7.98. The molecular weight excluding hydrogens is 166 g/mol. The lowest BCUT2D eigenvalue weighted by atomic mass is 10.1. The monoisotopic (exact) mass is 187 g/mol. The van der Waals surface area contributed by atoms with Crippen molar-refractivity contribution < 1.29 is 0 Å². The van der Waals surface area contributed by atoms with E-state index in [0.29, 0.717) is 6.04 Å². The molecule has 2 heteroatoms. The first kappa shape index (κ1) is 10.4. The van der Waals surface area contributed by atoms with Gasteiger partial charge in [-0.05, 0) is 38.4 Å². The lowest BCUT2D eigenvalue weighted by molar-refractivity contribution is 0.462. The van der Waals surface area contributed by atoms with Crippen molar-refractivity contribution in [1.29, 1.82) is 0 Å². The van der Waals surface area contributed by atoms with Crippen molar-refractivity contribution in [2.75, 3.05) is 12.0 Å². The molecule has 1 saturated carbocycles. The van der Waals surface area contributed by atoms with Gasteiger partial charge in [0.1, 0.15) is 0 Å². The van der Waals surface area contributed by atoms with Crippen LogP contribution in [0.15, 0.2) is 0 Å². The fraction of sp³-hybridized carbons (Fsp3) is 1.00. The van der Waals surface area contributed by atoms with Gasteiger partial charge >= 0.3 is 0 Å². The average Bonchev–Trinajstić information content (AvgIpc) is 2.36. The summed E-state index contributed by atoms with van der Waals surface area (Å²) in [6, 6.07) is 1.50. The van der Waals surface area contributed by atoms with E-state index in [1.54, 1.807) is 0 Å². The van der Waals surface area contributed by atoms with Crippen molar-refractivity contribution in [1.82, 2.24) is 5.32 Å². The topological polar surface area (TPSA) is 12.0 Å². The number of nitrogens with one attached hydrogen (secondary N) is 1. The Labute approximate surface area is 80.7 Å². The van der Waals surface area contributed by atoms with E-state index in [-0.39, 0.29) is 0 Å². The third kappa shape index (κ3) is 3.36. The molecule has 1 aliphatic carbocycles. The van der Waals surface area contributed by atoms with E-state index >= 15 is 0 Å². The molecule has 72 valence electrons. The molecule has 0 bridgehead atoms. The zero-order valence-corrected chi connectivity index (χ0v) is 9.29. The minimum atomic E-state index is 0.690. The van der Waals surface area contributed by atoms with Crippen LogP contribution in [0.4, 0.5) is 0 Å². The van der Waals surface area contributed by atoms with Gasteiger partial charge in [-0.25, -0.2) is 0 Å². The molecule has 0 spiro atoms. The van der Waals surface area contributed by atoms with E-state index in [4.69, 9.17) is 0 Å². The fourth-order valence-corrected chi connectivity index (χ4v) is 2.66. The Morgan fingerprint density at radius 3 is 2.75 bits per heavy atom. The predicted octanol–water partition coefficient (Wildman–Crippen LogP) is 2.52. The van der Waals surface area contributed by atoms with Crippen LogP contribution in [0.25, 0.3) is 0 Å². The minimum absolute atomic E-state index is 0.690. The predicted molar refractivity (Wildman–Crippen MR) is 57.8 cm³/mol. The molecule has 1 aliphatic rings. The lowest BCUT2D eigenvalue weighted by Crippen LogP contribution is -2.36. The Morgan fingerprint density at radius 2 is 2.25 bits per heavy atom. The van der Waals surface area contributed by atoms with Gasteiger partial charge in [0, 0.05) is 17.8 Å². The van der Waals surface area contributed by atoms with Crippen LogP contribution >= 0.6 is 11.8 Å². The molecule has 0 amide bonds. The molecule has 0 aliphatic heterocycles. The molecule has 3 unspecified atom stereocenters. The van der Waals surface area contributed by atoms with Gasteiger partial charge in [0.05, 0.1) is 0 Å². The van der Waals surface area contributed by atoms with E-state index in [1.807, 2.05) is 11.8 Å². The normalized spacial score (nSPS) is 32.2. The van der Waals surface area contributed by atoms with Crippen molar-refractivity contribution in [2.45, 2.75) is 45.2 Å². The van der Waals surface area contributed by atoms with Gasteiger partial charge in [0.2, 0.25) is 0 Å². The number of thioether (sulfide) groups is 1. The number of hydrogen-bond donors (Lipinski definition) is 1. The molecule has 3 atom stereocenters. The van der Waals surface area contributed by atoms with E-state index < -0.39 is 0 Å². The van der Waals surface area contributed by atoms with Gasteiger partial charge < -0.3 is 5.32 Å². The zero-order chi connectivity index (χ0) is 8.97. The summed E-state index contributed by atoms with van der Waals surface area (Å²) in [6.45, 7) is 4.65. The second-order valence-electron chi connectivity index (χ2n) is 4.14. The van der Waals surface area contributed by atoms with Crippen molar-refractivity contribution in [3.05, 3.63) is 0 Å². The largest absolute Gasteiger partial charge is 0.311 e. The first-order valence-corrected chi connectivity index (χ1v) is 6.36. The minimum Gasteiger partial charge on any atom is -0.311 e. The fourth-order valence-electron chi connectivity index (χ4n) is 2.06. The van der Waals surface area contributed by atoms with Crippen molar-refractivity contribution in [2.24, 2.45) is 5.92 Å². The van der Waals surface area contributed by atoms with Gasteiger partial charge in [-0.2, -0.15) is 11.8 Å². The molecule has 0 radical (unpaired) electrons. The highest BCUT2D eigenvalue weighted by Gasteiger charge is 2.21. The Balaban J connectivity index is 2.14. The van der Waals surface area contributed by atoms with Crippen molar-refractivity contribution in [3.63, 3.8) is 0 Å². The molecule has 0 aromatic heterocycles. The summed E-state index contributed by atoms with van der Waals surface area (Å²) in [6.07, 6.45) is 6.37. The second kappa shape index (κ2) is 5.13. The van der Waals surface area contributed by atoms with Crippen molar-refractivity contribution in [3.8, 4) is 0 Å². The molecule has 1 fully saturated rings. The SMILES string of the molecule is CSCC(C)NC1CCC(C)C1. The molecule has 0 aromatic carbocycles. The summed E-state index contributed by atoms with van der Waals surface area (Å²) in [7, 11) is 0. The van der Waals surface area contributed by atoms with Crippen molar-refractivity contribution >= 4 is 11.8 Å². The number of rotatable bonds is 4. The van der Waals surface area contributed by atoms with Gasteiger partial charge in [0.25, 0.3) is 0 Å². The highest BCUT2D eigenvalue weighted by atomic mass is 32.2. The number of hydrogen-bond acceptors (Lipinski definition) is 2. The quantitative estimate of drug-likeness (QED) is 0.726. The Morgan fingerprint density at radius 1 is 1.50 bits per heavy atom. The van der Waals surface area contributed by atoms with Gasteiger partial charge in [-0.3, -0.25) is 0 Å². The Hall–Kier alpha value is 0.310. The van der Waals surface area contributed by atoms with Crippen LogP contribution < -0.4 is 5.32 Å². The third-order valence-electron chi connectivity index (χ3n) is 2.63. The molecule has 12 heavy (non-hydrogen) atoms. The Bertz CT molecular complexity index is 127. The maximum Gasteiger partial charge on any atom is 0.0132 e. The van der Waals surface area contributed by atoms with Crippen LogP contribution in [-0.4, -0.2) is 24.1 Å². The van der Waals surface area contributed by atoms with E-state index in [2.05, 4.69) is 25.4 Å². The third-order valence-corrected chi connectivity index (χ3v) is 3.47. The summed E-state index contributed by atoms with van der Waals surface area (Å²) in [4.78, 5) is 0. The molecular formula is C10H21NS. The second-order valence-corrected chi connectivity index (χ2v) is 5.05. The zero-order valence-electron chi connectivity index (χ0n) is 8.47. The highest BCUT2D eigenvalue weighted by Crippen LogP contribution is 2.24. The van der Waals surface area contributed by atoms with Gasteiger partial charge in [-0.15, -0.1) is 0 Å². The molecule has 1 rings (SSSR count). The molecule has 1 N–H and O–H groups in total. The van der Waals surface area contributed by atoms with Crippen LogP contribution in [0.5, 0.6) is 0 Å².